The van der Waals surface area contributed by atoms with Gasteiger partial charge in [0, 0.05) is 38.7 Å². The Morgan fingerprint density at radius 2 is 2.00 bits per heavy atom. The molecule has 0 aromatic heterocycles. The van der Waals surface area contributed by atoms with E-state index >= 15 is 0 Å². The summed E-state index contributed by atoms with van der Waals surface area (Å²) in [7, 11) is 5.25. The zero-order valence-electron chi connectivity index (χ0n) is 16.0. The minimum absolute atomic E-state index is 0.00872. The summed E-state index contributed by atoms with van der Waals surface area (Å²) in [6.07, 6.45) is 1.91. The summed E-state index contributed by atoms with van der Waals surface area (Å²) in [5.74, 6) is 0.690. The molecule has 0 aliphatic heterocycles. The van der Waals surface area contributed by atoms with Crippen LogP contribution in [-0.2, 0) is 9.53 Å². The van der Waals surface area contributed by atoms with E-state index in [2.05, 4.69) is 50.2 Å². The highest BCUT2D eigenvalue weighted by molar-refractivity contribution is 5.85. The number of methoxy groups -OCH3 is 1. The van der Waals surface area contributed by atoms with E-state index in [1.165, 1.54) is 0 Å². The molecule has 1 amide bonds. The zero-order chi connectivity index (χ0) is 17.8. The van der Waals surface area contributed by atoms with Gasteiger partial charge in [0.2, 0.25) is 5.91 Å². The lowest BCUT2D eigenvalue weighted by molar-refractivity contribution is -0.176. The zero-order valence-corrected chi connectivity index (χ0v) is 16.0. The van der Waals surface area contributed by atoms with Gasteiger partial charge in [0.05, 0.1) is 5.60 Å². The Kier molecular flexibility index (Phi) is 6.45. The molecule has 0 spiro atoms. The number of nitrogens with one attached hydrogen (secondary N) is 2. The van der Waals surface area contributed by atoms with Crippen molar-refractivity contribution in [1.82, 2.24) is 15.5 Å². The first kappa shape index (κ1) is 19.7. The van der Waals surface area contributed by atoms with E-state index in [1.54, 1.807) is 26.1 Å². The molecule has 0 radical (unpaired) electrons. The minimum atomic E-state index is -0.133. The molecule has 0 saturated heterocycles. The molecule has 2 N–H and O–H groups in total. The first-order valence-electron chi connectivity index (χ1n) is 8.40. The number of hydrogen-bond acceptors (Lipinski definition) is 3. The van der Waals surface area contributed by atoms with Crippen LogP contribution >= 0.6 is 0 Å². The van der Waals surface area contributed by atoms with Crippen LogP contribution in [0.2, 0.25) is 0 Å². The van der Waals surface area contributed by atoms with Crippen LogP contribution in [0.15, 0.2) is 4.99 Å². The fraction of sp³-hybridized carbons (Fsp3) is 0.882. The maximum atomic E-state index is 11.8. The van der Waals surface area contributed by atoms with Gasteiger partial charge in [0.25, 0.3) is 0 Å². The second-order valence-electron chi connectivity index (χ2n) is 7.46. The predicted octanol–water partition coefficient (Wildman–Crippen LogP) is 1.61. The first-order chi connectivity index (χ1) is 10.6. The summed E-state index contributed by atoms with van der Waals surface area (Å²) in [6, 6.07) is 0.560. The summed E-state index contributed by atoms with van der Waals surface area (Å²) < 4.78 is 5.67. The van der Waals surface area contributed by atoms with E-state index in [9.17, 15) is 4.79 Å². The van der Waals surface area contributed by atoms with Crippen molar-refractivity contribution in [2.75, 3.05) is 27.7 Å². The van der Waals surface area contributed by atoms with Crippen molar-refractivity contribution >= 4 is 11.9 Å². The molecule has 23 heavy (non-hydrogen) atoms. The molecule has 0 aromatic rings. The number of likely N-dealkylation sites (N-methyl/N-ethyl adjacent to an activating group) is 1. The molecule has 6 heteroatoms. The Balaban J connectivity index is 2.78. The summed E-state index contributed by atoms with van der Waals surface area (Å²) in [5.41, 5.74) is -0.142. The Morgan fingerprint density at radius 1 is 1.39 bits per heavy atom. The van der Waals surface area contributed by atoms with E-state index in [-0.39, 0.29) is 29.5 Å². The molecule has 0 bridgehead atoms. The van der Waals surface area contributed by atoms with Crippen LogP contribution in [0.3, 0.4) is 0 Å². The van der Waals surface area contributed by atoms with Crippen molar-refractivity contribution in [1.29, 1.82) is 0 Å². The highest BCUT2D eigenvalue weighted by Gasteiger charge is 2.58. The van der Waals surface area contributed by atoms with Crippen LogP contribution < -0.4 is 10.6 Å². The van der Waals surface area contributed by atoms with Gasteiger partial charge in [-0.2, -0.15) is 0 Å². The highest BCUT2D eigenvalue weighted by Crippen LogP contribution is 2.51. The fourth-order valence-corrected chi connectivity index (χ4v) is 2.64. The number of ether oxygens (including phenoxy) is 1. The van der Waals surface area contributed by atoms with Gasteiger partial charge < -0.3 is 20.3 Å². The van der Waals surface area contributed by atoms with Crippen molar-refractivity contribution in [3.8, 4) is 0 Å². The summed E-state index contributed by atoms with van der Waals surface area (Å²) in [6.45, 7) is 10.9. The Hall–Kier alpha value is -1.30. The number of nitrogens with zero attached hydrogens (tertiary/aromatic N) is 2. The number of carbonyl (C=O) groups excluding carboxylic acids is 1. The molecule has 1 saturated carbocycles. The molecule has 6 nitrogen and oxygen atoms in total. The maximum Gasteiger partial charge on any atom is 0.243 e. The third-order valence-electron chi connectivity index (χ3n) is 5.46. The van der Waals surface area contributed by atoms with Crippen LogP contribution in [0.25, 0.3) is 0 Å². The van der Waals surface area contributed by atoms with Gasteiger partial charge in [0.15, 0.2) is 5.96 Å². The van der Waals surface area contributed by atoms with Gasteiger partial charge in [-0.25, -0.2) is 4.99 Å². The number of rotatable bonds is 6. The minimum Gasteiger partial charge on any atom is -0.378 e. The van der Waals surface area contributed by atoms with Crippen LogP contribution in [0.4, 0.5) is 0 Å². The lowest BCUT2D eigenvalue weighted by atomic mass is 9.56. The van der Waals surface area contributed by atoms with E-state index in [0.717, 1.165) is 12.8 Å². The smallest absolute Gasteiger partial charge is 0.243 e. The largest absolute Gasteiger partial charge is 0.378 e. The summed E-state index contributed by atoms with van der Waals surface area (Å²) >= 11 is 0. The predicted molar refractivity (Wildman–Crippen MR) is 94.6 cm³/mol. The third kappa shape index (κ3) is 4.37. The second-order valence-corrected chi connectivity index (χ2v) is 7.46. The van der Waals surface area contributed by atoms with Gasteiger partial charge in [-0.1, -0.05) is 20.8 Å². The molecule has 3 atom stereocenters. The van der Waals surface area contributed by atoms with Gasteiger partial charge in [0.1, 0.15) is 6.54 Å². The molecular weight excluding hydrogens is 292 g/mol. The molecule has 134 valence electrons. The van der Waals surface area contributed by atoms with Crippen molar-refractivity contribution < 1.29 is 9.53 Å². The van der Waals surface area contributed by atoms with E-state index in [1.807, 2.05) is 0 Å². The van der Waals surface area contributed by atoms with E-state index in [4.69, 9.17) is 4.74 Å². The molecule has 0 aromatic carbocycles. The van der Waals surface area contributed by atoms with Crippen LogP contribution in [-0.4, -0.2) is 62.2 Å². The lowest BCUT2D eigenvalue weighted by Gasteiger charge is -2.59. The quantitative estimate of drug-likeness (QED) is 0.575. The topological polar surface area (TPSA) is 66.0 Å². The van der Waals surface area contributed by atoms with Gasteiger partial charge in [-0.3, -0.25) is 4.79 Å². The molecule has 1 aliphatic carbocycles. The van der Waals surface area contributed by atoms with Crippen molar-refractivity contribution in [2.45, 2.75) is 65.1 Å². The van der Waals surface area contributed by atoms with Crippen LogP contribution in [0, 0.1) is 5.41 Å². The molecule has 1 aliphatic rings. The van der Waals surface area contributed by atoms with Crippen molar-refractivity contribution in [2.24, 2.45) is 10.4 Å². The second kappa shape index (κ2) is 7.51. The normalized spacial score (nSPS) is 27.8. The Labute approximate surface area is 141 Å². The third-order valence-corrected chi connectivity index (χ3v) is 5.46. The molecule has 1 fully saturated rings. The lowest BCUT2D eigenvalue weighted by Crippen LogP contribution is -2.69. The monoisotopic (exact) mass is 326 g/mol. The number of amides is 1. The average molecular weight is 326 g/mol. The van der Waals surface area contributed by atoms with E-state index in [0.29, 0.717) is 12.0 Å². The summed E-state index contributed by atoms with van der Waals surface area (Å²) in [4.78, 5) is 17.8. The highest BCUT2D eigenvalue weighted by atomic mass is 16.5. The Morgan fingerprint density at radius 3 is 2.43 bits per heavy atom. The maximum absolute atomic E-state index is 11.8. The number of guanidine groups is 1. The average Bonchev–Trinajstić information content (AvgIpc) is 2.50. The van der Waals surface area contributed by atoms with Crippen molar-refractivity contribution in [3.05, 3.63) is 0 Å². The number of aliphatic imine (C=N–C) groups is 1. The molecular formula is C17H34N4O2. The van der Waals surface area contributed by atoms with Gasteiger partial charge in [-0.05, 0) is 26.7 Å². The SMILES string of the molecule is CCC(C)NC(=NCC(=O)N(C)C)NC1CC(C)(OC)C1(C)C. The fourth-order valence-electron chi connectivity index (χ4n) is 2.64. The first-order valence-corrected chi connectivity index (χ1v) is 8.40. The van der Waals surface area contributed by atoms with Crippen LogP contribution in [0.5, 0.6) is 0 Å². The molecule has 0 heterocycles. The Bertz CT molecular complexity index is 448. The summed E-state index contributed by atoms with van der Waals surface area (Å²) in [5, 5.41) is 6.85. The standard InChI is InChI=1S/C17H34N4O2/c1-9-12(2)19-15(18-11-14(22)21(6)7)20-13-10-17(5,23-8)16(13,3)4/h12-13H,9-11H2,1-8H3,(H2,18,19,20). The molecule has 1 rings (SSSR count). The van der Waals surface area contributed by atoms with Gasteiger partial charge in [-0.15, -0.1) is 0 Å². The number of hydrogen-bond donors (Lipinski definition) is 2. The van der Waals surface area contributed by atoms with Gasteiger partial charge >= 0.3 is 0 Å². The van der Waals surface area contributed by atoms with E-state index < -0.39 is 0 Å². The van der Waals surface area contributed by atoms with Crippen molar-refractivity contribution in [3.63, 3.8) is 0 Å². The van der Waals surface area contributed by atoms with Crippen LogP contribution in [0.1, 0.15) is 47.5 Å². The number of carbonyl (C=O) groups is 1. The molecule has 3 unspecified atom stereocenters.